The highest BCUT2D eigenvalue weighted by atomic mass is 127. The van der Waals surface area contributed by atoms with Gasteiger partial charge in [0.05, 0.1) is 5.54 Å². The number of aliphatic imine (C=N–C) groups is 1. The van der Waals surface area contributed by atoms with Crippen LogP contribution in [0.5, 0.6) is 0 Å². The summed E-state index contributed by atoms with van der Waals surface area (Å²) in [6.45, 7) is 8.82. The predicted octanol–water partition coefficient (Wildman–Crippen LogP) is 2.54. The number of thioether (sulfide) groups is 1. The average Bonchev–Trinajstić information content (AvgIpc) is 1.99. The van der Waals surface area contributed by atoms with Crippen molar-refractivity contribution >= 4 is 40.9 Å². The number of halogens is 1. The Labute approximate surface area is 114 Å². The molecule has 0 aromatic carbocycles. The van der Waals surface area contributed by atoms with Crippen molar-refractivity contribution in [2.24, 2.45) is 4.99 Å². The van der Waals surface area contributed by atoms with E-state index in [1.54, 1.807) is 11.8 Å². The van der Waals surface area contributed by atoms with Crippen LogP contribution in [0, 0.1) is 0 Å². The molecule has 0 aromatic heterocycles. The van der Waals surface area contributed by atoms with Crippen LogP contribution in [0.4, 0.5) is 0 Å². The van der Waals surface area contributed by atoms with Gasteiger partial charge in [-0.1, -0.05) is 11.8 Å². The van der Waals surface area contributed by atoms with Crippen molar-refractivity contribution in [2.75, 3.05) is 12.8 Å². The molecule has 1 N–H and O–H groups in total. The van der Waals surface area contributed by atoms with Crippen molar-refractivity contribution in [3.63, 3.8) is 0 Å². The van der Waals surface area contributed by atoms with E-state index in [2.05, 4.69) is 18.8 Å². The summed E-state index contributed by atoms with van der Waals surface area (Å²) >= 11 is 1.60. The van der Waals surface area contributed by atoms with Crippen LogP contribution in [0.1, 0.15) is 34.1 Å². The molecule has 15 heavy (non-hydrogen) atoms. The number of rotatable bonds is 1. The number of aliphatic hydroxyl groups is 1. The van der Waals surface area contributed by atoms with Gasteiger partial charge in [-0.15, -0.1) is 24.0 Å². The molecular formula is C10H21IN2OS. The first-order valence-corrected chi connectivity index (χ1v) is 6.19. The Bertz CT molecular complexity index is 254. The molecular weight excluding hydrogens is 323 g/mol. The summed E-state index contributed by atoms with van der Waals surface area (Å²) < 4.78 is 0. The minimum atomic E-state index is -0.766. The highest BCUT2D eigenvalue weighted by Crippen LogP contribution is 2.34. The van der Waals surface area contributed by atoms with E-state index in [0.29, 0.717) is 6.42 Å². The second-order valence-electron chi connectivity index (χ2n) is 4.55. The summed E-state index contributed by atoms with van der Waals surface area (Å²) in [5.74, 6) is 0. The van der Waals surface area contributed by atoms with Crippen LogP contribution in [-0.4, -0.2) is 39.2 Å². The van der Waals surface area contributed by atoms with Crippen LogP contribution in [0.3, 0.4) is 0 Å². The molecule has 0 fully saturated rings. The summed E-state index contributed by atoms with van der Waals surface area (Å²) in [4.78, 5) is 6.59. The minimum Gasteiger partial charge on any atom is -0.371 e. The van der Waals surface area contributed by atoms with Gasteiger partial charge in [0.25, 0.3) is 0 Å². The summed E-state index contributed by atoms with van der Waals surface area (Å²) in [6.07, 6.45) is 2.68. The maximum absolute atomic E-state index is 10.3. The zero-order chi connectivity index (χ0) is 11.0. The molecule has 1 aliphatic heterocycles. The topological polar surface area (TPSA) is 35.8 Å². The lowest BCUT2D eigenvalue weighted by atomic mass is 9.92. The van der Waals surface area contributed by atoms with Crippen molar-refractivity contribution in [3.05, 3.63) is 0 Å². The molecule has 0 spiro atoms. The second kappa shape index (κ2) is 5.23. The molecule has 0 saturated carbocycles. The highest BCUT2D eigenvalue weighted by Gasteiger charge is 2.41. The van der Waals surface area contributed by atoms with Gasteiger partial charge in [-0.05, 0) is 34.0 Å². The van der Waals surface area contributed by atoms with Crippen LogP contribution in [0.25, 0.3) is 0 Å². The summed E-state index contributed by atoms with van der Waals surface area (Å²) in [5.41, 5.74) is -0.925. The molecule has 1 aliphatic rings. The van der Waals surface area contributed by atoms with Gasteiger partial charge >= 0.3 is 0 Å². The zero-order valence-corrected chi connectivity index (χ0v) is 13.2. The van der Waals surface area contributed by atoms with Crippen LogP contribution in [-0.2, 0) is 0 Å². The molecule has 1 atom stereocenters. The van der Waals surface area contributed by atoms with Crippen molar-refractivity contribution in [1.29, 1.82) is 0 Å². The second-order valence-corrected chi connectivity index (χ2v) is 5.32. The van der Waals surface area contributed by atoms with Crippen molar-refractivity contribution in [2.45, 2.75) is 45.4 Å². The number of hydrogen-bond donors (Lipinski definition) is 1. The van der Waals surface area contributed by atoms with E-state index >= 15 is 0 Å². The Morgan fingerprint density at radius 1 is 1.47 bits per heavy atom. The van der Waals surface area contributed by atoms with Gasteiger partial charge in [0, 0.05) is 13.0 Å². The smallest absolute Gasteiger partial charge is 0.161 e. The Kier molecular flexibility index (Phi) is 5.40. The lowest BCUT2D eigenvalue weighted by molar-refractivity contribution is -0.0759. The zero-order valence-electron chi connectivity index (χ0n) is 10.1. The maximum atomic E-state index is 10.3. The monoisotopic (exact) mass is 344 g/mol. The number of hydrogen-bond acceptors (Lipinski definition) is 4. The van der Waals surface area contributed by atoms with Crippen molar-refractivity contribution < 1.29 is 5.11 Å². The van der Waals surface area contributed by atoms with Crippen LogP contribution in [0.2, 0.25) is 0 Å². The van der Waals surface area contributed by atoms with Crippen LogP contribution < -0.4 is 0 Å². The fourth-order valence-electron chi connectivity index (χ4n) is 2.11. The molecule has 1 rings (SSSR count). The van der Waals surface area contributed by atoms with Gasteiger partial charge in [0.1, 0.15) is 5.72 Å². The van der Waals surface area contributed by atoms with Crippen LogP contribution >= 0.6 is 35.7 Å². The molecule has 90 valence electrons. The first-order chi connectivity index (χ1) is 6.32. The van der Waals surface area contributed by atoms with Gasteiger partial charge in [0.2, 0.25) is 0 Å². The lowest BCUT2D eigenvalue weighted by Gasteiger charge is -2.46. The van der Waals surface area contributed by atoms with E-state index in [1.165, 1.54) is 0 Å². The lowest BCUT2D eigenvalue weighted by Crippen LogP contribution is -2.55. The molecule has 0 aliphatic carbocycles. The minimum absolute atomic E-state index is 0. The fourth-order valence-corrected chi connectivity index (χ4v) is 3.00. The van der Waals surface area contributed by atoms with Crippen LogP contribution in [0.15, 0.2) is 4.99 Å². The predicted molar refractivity (Wildman–Crippen MR) is 78.1 cm³/mol. The normalized spacial score (nSPS) is 29.5. The van der Waals surface area contributed by atoms with Crippen molar-refractivity contribution in [3.8, 4) is 0 Å². The van der Waals surface area contributed by atoms with Gasteiger partial charge in [-0.2, -0.15) is 0 Å². The van der Waals surface area contributed by atoms with Gasteiger partial charge in [-0.3, -0.25) is 4.99 Å². The molecule has 1 heterocycles. The summed E-state index contributed by atoms with van der Waals surface area (Å²) in [7, 11) is 0. The van der Waals surface area contributed by atoms with E-state index in [1.807, 2.05) is 25.0 Å². The first kappa shape index (κ1) is 15.5. The largest absolute Gasteiger partial charge is 0.371 e. The van der Waals surface area contributed by atoms with Gasteiger partial charge in [-0.25, -0.2) is 0 Å². The van der Waals surface area contributed by atoms with E-state index in [-0.39, 0.29) is 29.5 Å². The number of nitrogens with zero attached hydrogens (tertiary/aromatic N) is 2. The maximum Gasteiger partial charge on any atom is 0.161 e. The third kappa shape index (κ3) is 3.49. The Morgan fingerprint density at radius 2 is 2.00 bits per heavy atom. The molecule has 5 heteroatoms. The highest BCUT2D eigenvalue weighted by molar-refractivity contribution is 14.0. The van der Waals surface area contributed by atoms with E-state index in [0.717, 1.165) is 11.7 Å². The van der Waals surface area contributed by atoms with E-state index < -0.39 is 5.72 Å². The molecule has 0 radical (unpaired) electrons. The molecule has 0 aromatic rings. The average molecular weight is 344 g/mol. The first-order valence-electron chi connectivity index (χ1n) is 4.96. The van der Waals surface area contributed by atoms with Crippen molar-refractivity contribution in [1.82, 2.24) is 4.90 Å². The summed E-state index contributed by atoms with van der Waals surface area (Å²) in [5, 5.41) is 11.2. The Balaban J connectivity index is 0.00000196. The van der Waals surface area contributed by atoms with Gasteiger partial charge < -0.3 is 10.0 Å². The Hall–Kier alpha value is 0.510. The van der Waals surface area contributed by atoms with E-state index in [9.17, 15) is 5.11 Å². The quantitative estimate of drug-likeness (QED) is 0.743. The van der Waals surface area contributed by atoms with E-state index in [4.69, 9.17) is 0 Å². The standard InChI is InChI=1S/C10H20N2OS.HI/c1-6-12-8(14-5)11-9(2,3)7-10(12,4)13;/h13H,6-7H2,1-5H3;1H. The SMILES string of the molecule is CCN1C(SC)=NC(C)(C)CC1(C)O.I. The summed E-state index contributed by atoms with van der Waals surface area (Å²) in [6, 6.07) is 0. The molecule has 0 saturated heterocycles. The molecule has 1 unspecified atom stereocenters. The molecule has 3 nitrogen and oxygen atoms in total. The third-order valence-corrected chi connectivity index (χ3v) is 3.15. The third-order valence-electron chi connectivity index (χ3n) is 2.48. The molecule has 0 amide bonds. The number of amidine groups is 1. The molecule has 0 bridgehead atoms. The Morgan fingerprint density at radius 3 is 2.40 bits per heavy atom. The van der Waals surface area contributed by atoms with Gasteiger partial charge in [0.15, 0.2) is 5.17 Å². The fraction of sp³-hybridized carbons (Fsp3) is 0.900.